The second-order valence-electron chi connectivity index (χ2n) is 3.38. The number of nitrogen functional groups attached to an aromatic ring is 1. The Morgan fingerprint density at radius 1 is 1.44 bits per heavy atom. The Kier molecular flexibility index (Phi) is 4.49. The van der Waals surface area contributed by atoms with Gasteiger partial charge in [-0.25, -0.2) is 8.42 Å². The fourth-order valence-corrected chi connectivity index (χ4v) is 3.27. The molecule has 6 heteroatoms. The number of rotatable bonds is 5. The summed E-state index contributed by atoms with van der Waals surface area (Å²) in [5, 5.41) is 0. The van der Waals surface area contributed by atoms with Crippen molar-refractivity contribution in [2.75, 3.05) is 30.6 Å². The molecule has 1 aromatic rings. The van der Waals surface area contributed by atoms with E-state index < -0.39 is 9.84 Å². The van der Waals surface area contributed by atoms with Gasteiger partial charge in [-0.3, -0.25) is 0 Å². The highest BCUT2D eigenvalue weighted by Gasteiger charge is 2.05. The van der Waals surface area contributed by atoms with Crippen LogP contribution in [0.4, 0.5) is 5.69 Å². The summed E-state index contributed by atoms with van der Waals surface area (Å²) < 4.78 is 27.0. The normalized spacial score (nSPS) is 11.4. The fraction of sp³-hybridized carbons (Fsp3) is 0.400. The molecule has 16 heavy (non-hydrogen) atoms. The second kappa shape index (κ2) is 5.45. The van der Waals surface area contributed by atoms with Crippen molar-refractivity contribution >= 4 is 27.3 Å². The predicted molar refractivity (Wildman–Crippen MR) is 67.8 cm³/mol. The summed E-state index contributed by atoms with van der Waals surface area (Å²) in [6, 6.07) is 5.33. The Balaban J connectivity index is 2.66. The summed E-state index contributed by atoms with van der Waals surface area (Å²) in [5.74, 6) is 1.36. The molecule has 0 spiro atoms. The van der Waals surface area contributed by atoms with Gasteiger partial charge in [0.1, 0.15) is 15.6 Å². The number of ether oxygens (including phenoxy) is 1. The largest absolute Gasteiger partial charge is 0.497 e. The standard InChI is InChI=1S/C10H15NO3S2/c1-14-8-3-4-9(11)10(7-8)15-5-6-16(2,12)13/h3-4,7H,5-6,11H2,1-2H3. The predicted octanol–water partition coefficient (Wildman–Crippen LogP) is 1.41. The maximum atomic E-state index is 11.0. The summed E-state index contributed by atoms with van der Waals surface area (Å²) in [5.41, 5.74) is 6.41. The molecule has 0 heterocycles. The first-order valence-corrected chi connectivity index (χ1v) is 7.71. The van der Waals surface area contributed by atoms with E-state index in [2.05, 4.69) is 0 Å². The van der Waals surface area contributed by atoms with Gasteiger partial charge in [-0.2, -0.15) is 0 Å². The van der Waals surface area contributed by atoms with Crippen LogP contribution in [0.2, 0.25) is 0 Å². The smallest absolute Gasteiger partial charge is 0.148 e. The highest BCUT2D eigenvalue weighted by Crippen LogP contribution is 2.28. The number of benzene rings is 1. The van der Waals surface area contributed by atoms with E-state index in [9.17, 15) is 8.42 Å². The van der Waals surface area contributed by atoms with E-state index >= 15 is 0 Å². The van der Waals surface area contributed by atoms with Crippen LogP contribution in [0.1, 0.15) is 0 Å². The van der Waals surface area contributed by atoms with Crippen LogP contribution in [0, 0.1) is 0 Å². The molecular formula is C10H15NO3S2. The van der Waals surface area contributed by atoms with Crippen molar-refractivity contribution in [2.45, 2.75) is 4.90 Å². The number of nitrogens with two attached hydrogens (primary N) is 1. The molecule has 0 amide bonds. The average Bonchev–Trinajstić information content (AvgIpc) is 2.19. The van der Waals surface area contributed by atoms with Gasteiger partial charge in [0.25, 0.3) is 0 Å². The third-order valence-electron chi connectivity index (χ3n) is 1.93. The number of sulfone groups is 1. The van der Waals surface area contributed by atoms with Crippen molar-refractivity contribution in [3.8, 4) is 5.75 Å². The molecule has 0 aromatic heterocycles. The van der Waals surface area contributed by atoms with Crippen molar-refractivity contribution < 1.29 is 13.2 Å². The van der Waals surface area contributed by atoms with Crippen molar-refractivity contribution in [1.82, 2.24) is 0 Å². The number of anilines is 1. The van der Waals surface area contributed by atoms with Gasteiger partial charge in [0, 0.05) is 22.6 Å². The maximum absolute atomic E-state index is 11.0. The van der Waals surface area contributed by atoms with Crippen molar-refractivity contribution in [2.24, 2.45) is 0 Å². The van der Waals surface area contributed by atoms with Gasteiger partial charge in [-0.1, -0.05) is 0 Å². The lowest BCUT2D eigenvalue weighted by Crippen LogP contribution is -2.05. The quantitative estimate of drug-likeness (QED) is 0.641. The van der Waals surface area contributed by atoms with Crippen LogP contribution in [0.3, 0.4) is 0 Å². The third kappa shape index (κ3) is 4.32. The van der Waals surface area contributed by atoms with Crippen LogP contribution in [0.5, 0.6) is 5.75 Å². The van der Waals surface area contributed by atoms with Crippen LogP contribution < -0.4 is 10.5 Å². The summed E-state index contributed by atoms with van der Waals surface area (Å²) in [6.07, 6.45) is 1.22. The molecule has 0 atom stereocenters. The molecule has 0 bridgehead atoms. The zero-order valence-corrected chi connectivity index (χ0v) is 10.9. The molecule has 0 aliphatic carbocycles. The Hall–Kier alpha value is -0.880. The van der Waals surface area contributed by atoms with Gasteiger partial charge in [-0.05, 0) is 18.2 Å². The Morgan fingerprint density at radius 2 is 2.12 bits per heavy atom. The molecule has 2 N–H and O–H groups in total. The Bertz CT molecular complexity index is 457. The summed E-state index contributed by atoms with van der Waals surface area (Å²) in [7, 11) is -1.34. The van der Waals surface area contributed by atoms with E-state index in [-0.39, 0.29) is 5.75 Å². The lowest BCUT2D eigenvalue weighted by Gasteiger charge is -2.07. The number of thioether (sulfide) groups is 1. The molecule has 4 nitrogen and oxygen atoms in total. The lowest BCUT2D eigenvalue weighted by molar-refractivity contribution is 0.414. The second-order valence-corrected chi connectivity index (χ2v) is 6.78. The molecule has 90 valence electrons. The zero-order chi connectivity index (χ0) is 12.2. The first-order valence-electron chi connectivity index (χ1n) is 4.66. The van der Waals surface area contributed by atoms with Gasteiger partial charge in [-0.15, -0.1) is 11.8 Å². The Labute approximate surface area is 100 Å². The third-order valence-corrected chi connectivity index (χ3v) is 4.21. The highest BCUT2D eigenvalue weighted by molar-refractivity contribution is 8.00. The van der Waals surface area contributed by atoms with E-state index in [1.54, 1.807) is 19.2 Å². The lowest BCUT2D eigenvalue weighted by atomic mass is 10.3. The summed E-state index contributed by atoms with van der Waals surface area (Å²) >= 11 is 1.42. The monoisotopic (exact) mass is 261 g/mol. The fourth-order valence-electron chi connectivity index (χ4n) is 1.07. The molecule has 0 aliphatic heterocycles. The molecule has 0 aliphatic rings. The highest BCUT2D eigenvalue weighted by atomic mass is 32.2. The minimum Gasteiger partial charge on any atom is -0.497 e. The molecule has 0 saturated heterocycles. The van der Waals surface area contributed by atoms with Crippen LogP contribution >= 0.6 is 11.8 Å². The van der Waals surface area contributed by atoms with Gasteiger partial charge < -0.3 is 10.5 Å². The molecule has 0 saturated carbocycles. The Morgan fingerprint density at radius 3 is 2.69 bits per heavy atom. The maximum Gasteiger partial charge on any atom is 0.148 e. The summed E-state index contributed by atoms with van der Waals surface area (Å²) in [4.78, 5) is 0.850. The molecule has 0 fully saturated rings. The number of hydrogen-bond donors (Lipinski definition) is 1. The zero-order valence-electron chi connectivity index (χ0n) is 9.26. The topological polar surface area (TPSA) is 69.4 Å². The average molecular weight is 261 g/mol. The van der Waals surface area contributed by atoms with Gasteiger partial charge in [0.2, 0.25) is 0 Å². The summed E-state index contributed by atoms with van der Waals surface area (Å²) in [6.45, 7) is 0. The van der Waals surface area contributed by atoms with Crippen molar-refractivity contribution in [3.63, 3.8) is 0 Å². The van der Waals surface area contributed by atoms with E-state index in [1.165, 1.54) is 18.0 Å². The van der Waals surface area contributed by atoms with E-state index in [0.29, 0.717) is 11.4 Å². The number of methoxy groups -OCH3 is 1. The minimum atomic E-state index is -2.92. The minimum absolute atomic E-state index is 0.147. The van der Waals surface area contributed by atoms with E-state index in [4.69, 9.17) is 10.5 Å². The van der Waals surface area contributed by atoms with E-state index in [0.717, 1.165) is 10.6 Å². The number of hydrogen-bond acceptors (Lipinski definition) is 5. The van der Waals surface area contributed by atoms with Crippen molar-refractivity contribution in [3.05, 3.63) is 18.2 Å². The first kappa shape index (κ1) is 13.2. The SMILES string of the molecule is COc1ccc(N)c(SCCS(C)(=O)=O)c1. The molecule has 0 unspecified atom stereocenters. The molecule has 1 rings (SSSR count). The van der Waals surface area contributed by atoms with Crippen LogP contribution in [-0.2, 0) is 9.84 Å². The van der Waals surface area contributed by atoms with Crippen molar-refractivity contribution in [1.29, 1.82) is 0 Å². The van der Waals surface area contributed by atoms with Gasteiger partial charge in [0.05, 0.1) is 12.9 Å². The van der Waals surface area contributed by atoms with Crippen LogP contribution in [-0.4, -0.2) is 33.3 Å². The van der Waals surface area contributed by atoms with Crippen LogP contribution in [0.15, 0.2) is 23.1 Å². The van der Waals surface area contributed by atoms with E-state index in [1.807, 2.05) is 6.07 Å². The molecular weight excluding hydrogens is 246 g/mol. The van der Waals surface area contributed by atoms with Gasteiger partial charge in [0.15, 0.2) is 0 Å². The van der Waals surface area contributed by atoms with Gasteiger partial charge >= 0.3 is 0 Å². The molecule has 0 radical (unpaired) electrons. The van der Waals surface area contributed by atoms with Crippen LogP contribution in [0.25, 0.3) is 0 Å². The molecule has 1 aromatic carbocycles. The first-order chi connectivity index (χ1) is 7.42.